The fourth-order valence-electron chi connectivity index (χ4n) is 1.82. The molecular weight excluding hydrogens is 306 g/mol. The van der Waals surface area contributed by atoms with Gasteiger partial charge in [0.15, 0.2) is 0 Å². The molecule has 94 valence electrons. The van der Waals surface area contributed by atoms with Gasteiger partial charge in [0.1, 0.15) is 12.4 Å². The molecule has 1 aliphatic heterocycles. The van der Waals surface area contributed by atoms with Crippen molar-refractivity contribution in [2.75, 3.05) is 23.2 Å². The van der Waals surface area contributed by atoms with E-state index in [4.69, 9.17) is 4.74 Å². The molecule has 6 heteroatoms. The number of anilines is 1. The van der Waals surface area contributed by atoms with E-state index in [1.165, 1.54) is 4.31 Å². The van der Waals surface area contributed by atoms with Crippen LogP contribution in [0.4, 0.5) is 5.69 Å². The Bertz CT molecular complexity index is 515. The molecular formula is C11H14BrNO3S. The summed E-state index contributed by atoms with van der Waals surface area (Å²) in [4.78, 5) is 0. The molecule has 0 unspecified atom stereocenters. The number of rotatable bonds is 3. The molecule has 0 bridgehead atoms. The Labute approximate surface area is 110 Å². The summed E-state index contributed by atoms with van der Waals surface area (Å²) in [5.41, 5.74) is 0.624. The molecule has 0 spiro atoms. The summed E-state index contributed by atoms with van der Waals surface area (Å²) in [6.07, 6.45) is 0.614. The lowest BCUT2D eigenvalue weighted by Crippen LogP contribution is -2.39. The summed E-state index contributed by atoms with van der Waals surface area (Å²) in [6, 6.07) is 5.41. The van der Waals surface area contributed by atoms with E-state index >= 15 is 0 Å². The van der Waals surface area contributed by atoms with Crippen LogP contribution in [0.5, 0.6) is 5.75 Å². The zero-order chi connectivity index (χ0) is 12.5. The first-order valence-corrected chi connectivity index (χ1v) is 7.87. The molecule has 0 atom stereocenters. The molecule has 0 saturated carbocycles. The van der Waals surface area contributed by atoms with Gasteiger partial charge in [0.2, 0.25) is 10.0 Å². The van der Waals surface area contributed by atoms with Crippen LogP contribution in [0.3, 0.4) is 0 Å². The number of hydrogen-bond donors (Lipinski definition) is 0. The third-order valence-electron chi connectivity index (χ3n) is 2.54. The Balaban J connectivity index is 2.44. The van der Waals surface area contributed by atoms with Crippen LogP contribution in [0.25, 0.3) is 0 Å². The van der Waals surface area contributed by atoms with Crippen molar-refractivity contribution < 1.29 is 13.2 Å². The lowest BCUT2D eigenvalue weighted by molar-refractivity contribution is 0.315. The highest BCUT2D eigenvalue weighted by Gasteiger charge is 2.27. The number of halogens is 1. The van der Waals surface area contributed by atoms with Crippen molar-refractivity contribution in [2.45, 2.75) is 13.3 Å². The van der Waals surface area contributed by atoms with Crippen LogP contribution in [-0.4, -0.2) is 27.3 Å². The molecule has 2 rings (SSSR count). The summed E-state index contributed by atoms with van der Waals surface area (Å²) < 4.78 is 32.0. The first kappa shape index (κ1) is 12.7. The highest BCUT2D eigenvalue weighted by molar-refractivity contribution is 9.10. The highest BCUT2D eigenvalue weighted by Crippen LogP contribution is 2.35. The molecule has 0 amide bonds. The molecule has 0 fully saturated rings. The normalized spacial score (nSPS) is 15.3. The monoisotopic (exact) mass is 319 g/mol. The quantitative estimate of drug-likeness (QED) is 0.859. The third-order valence-corrected chi connectivity index (χ3v) is 5.01. The molecule has 1 aliphatic rings. The van der Waals surface area contributed by atoms with Gasteiger partial charge >= 0.3 is 0 Å². The Morgan fingerprint density at radius 1 is 1.47 bits per heavy atom. The number of benzene rings is 1. The Morgan fingerprint density at radius 2 is 2.24 bits per heavy atom. The zero-order valence-electron chi connectivity index (χ0n) is 9.52. The van der Waals surface area contributed by atoms with Gasteiger partial charge in [0.05, 0.1) is 18.0 Å². The molecule has 4 nitrogen and oxygen atoms in total. The van der Waals surface area contributed by atoms with Crippen LogP contribution in [0.15, 0.2) is 22.7 Å². The van der Waals surface area contributed by atoms with Crippen LogP contribution < -0.4 is 9.04 Å². The first-order valence-electron chi connectivity index (χ1n) is 5.47. The topological polar surface area (TPSA) is 46.6 Å². The van der Waals surface area contributed by atoms with Crippen LogP contribution in [0, 0.1) is 0 Å². The van der Waals surface area contributed by atoms with Gasteiger partial charge < -0.3 is 4.74 Å². The minimum Gasteiger partial charge on any atom is -0.489 e. The second-order valence-corrected chi connectivity index (χ2v) is 6.78. The van der Waals surface area contributed by atoms with Gasteiger partial charge in [0, 0.05) is 4.47 Å². The molecule has 1 aromatic carbocycles. The van der Waals surface area contributed by atoms with Gasteiger partial charge in [0.25, 0.3) is 0 Å². The zero-order valence-corrected chi connectivity index (χ0v) is 11.9. The molecule has 0 radical (unpaired) electrons. The van der Waals surface area contributed by atoms with E-state index in [2.05, 4.69) is 15.9 Å². The number of hydrogen-bond acceptors (Lipinski definition) is 3. The summed E-state index contributed by atoms with van der Waals surface area (Å²) in [7, 11) is -3.23. The van der Waals surface area contributed by atoms with E-state index in [-0.39, 0.29) is 5.75 Å². The van der Waals surface area contributed by atoms with Crippen molar-refractivity contribution in [3.8, 4) is 5.75 Å². The standard InChI is InChI=1S/C11H14BrNO3S/c1-2-7-17(14,15)13-5-6-16-11-4-3-9(12)8-10(11)13/h3-4,8H,2,5-7H2,1H3. The summed E-state index contributed by atoms with van der Waals surface area (Å²) in [5.74, 6) is 0.790. The van der Waals surface area contributed by atoms with Crippen LogP contribution >= 0.6 is 15.9 Å². The minimum absolute atomic E-state index is 0.166. The van der Waals surface area contributed by atoms with Crippen molar-refractivity contribution in [3.05, 3.63) is 22.7 Å². The average molecular weight is 320 g/mol. The van der Waals surface area contributed by atoms with E-state index in [9.17, 15) is 8.42 Å². The van der Waals surface area contributed by atoms with Crippen LogP contribution in [0.1, 0.15) is 13.3 Å². The Kier molecular flexibility index (Phi) is 3.63. The number of fused-ring (bicyclic) bond motifs is 1. The van der Waals surface area contributed by atoms with Crippen molar-refractivity contribution in [3.63, 3.8) is 0 Å². The SMILES string of the molecule is CCCS(=O)(=O)N1CCOc2ccc(Br)cc21. The van der Waals surface area contributed by atoms with Crippen molar-refractivity contribution >= 4 is 31.6 Å². The van der Waals surface area contributed by atoms with Crippen molar-refractivity contribution in [2.24, 2.45) is 0 Å². The van der Waals surface area contributed by atoms with Crippen LogP contribution in [0.2, 0.25) is 0 Å². The van der Waals surface area contributed by atoms with Gasteiger partial charge in [-0.25, -0.2) is 8.42 Å². The Morgan fingerprint density at radius 3 is 2.94 bits per heavy atom. The van der Waals surface area contributed by atoms with Crippen LogP contribution in [-0.2, 0) is 10.0 Å². The van der Waals surface area contributed by atoms with Crippen molar-refractivity contribution in [1.82, 2.24) is 0 Å². The van der Waals surface area contributed by atoms with Gasteiger partial charge in [-0.05, 0) is 24.6 Å². The molecule has 0 aliphatic carbocycles. The van der Waals surface area contributed by atoms with E-state index < -0.39 is 10.0 Å². The van der Waals surface area contributed by atoms with E-state index in [0.717, 1.165) is 4.47 Å². The predicted octanol–water partition coefficient (Wildman–Crippen LogP) is 2.39. The number of sulfonamides is 1. The van der Waals surface area contributed by atoms with Gasteiger partial charge in [-0.1, -0.05) is 22.9 Å². The third kappa shape index (κ3) is 2.57. The highest BCUT2D eigenvalue weighted by atomic mass is 79.9. The number of nitrogens with zero attached hydrogens (tertiary/aromatic N) is 1. The van der Waals surface area contributed by atoms with Gasteiger partial charge in [-0.15, -0.1) is 0 Å². The lowest BCUT2D eigenvalue weighted by atomic mass is 10.2. The fraction of sp³-hybridized carbons (Fsp3) is 0.455. The predicted molar refractivity (Wildman–Crippen MR) is 71.1 cm³/mol. The maximum Gasteiger partial charge on any atom is 0.235 e. The summed E-state index contributed by atoms with van der Waals surface area (Å²) in [5, 5.41) is 0. The molecule has 1 aromatic rings. The second kappa shape index (κ2) is 4.86. The van der Waals surface area contributed by atoms with Gasteiger partial charge in [-0.2, -0.15) is 0 Å². The van der Waals surface area contributed by atoms with E-state index in [1.54, 1.807) is 12.1 Å². The van der Waals surface area contributed by atoms with Crippen molar-refractivity contribution in [1.29, 1.82) is 0 Å². The lowest BCUT2D eigenvalue weighted by Gasteiger charge is -2.30. The Hall–Kier alpha value is -0.750. The molecule has 0 N–H and O–H groups in total. The van der Waals surface area contributed by atoms with Gasteiger partial charge in [-0.3, -0.25) is 4.31 Å². The molecule has 1 heterocycles. The largest absolute Gasteiger partial charge is 0.489 e. The molecule has 0 aromatic heterocycles. The van der Waals surface area contributed by atoms with E-state index in [1.807, 2.05) is 13.0 Å². The summed E-state index contributed by atoms with van der Waals surface area (Å²) in [6.45, 7) is 2.64. The summed E-state index contributed by atoms with van der Waals surface area (Å²) >= 11 is 3.35. The number of ether oxygens (including phenoxy) is 1. The van der Waals surface area contributed by atoms with E-state index in [0.29, 0.717) is 31.0 Å². The smallest absolute Gasteiger partial charge is 0.235 e. The second-order valence-electron chi connectivity index (χ2n) is 3.85. The maximum absolute atomic E-state index is 12.1. The maximum atomic E-state index is 12.1. The molecule has 17 heavy (non-hydrogen) atoms. The average Bonchev–Trinajstić information content (AvgIpc) is 2.28. The minimum atomic E-state index is -3.23. The molecule has 0 saturated heterocycles. The fourth-order valence-corrected chi connectivity index (χ4v) is 3.70. The first-order chi connectivity index (χ1) is 8.04.